The second-order valence-corrected chi connectivity index (χ2v) is 9.48. The monoisotopic (exact) mass is 492 g/mol. The second-order valence-electron chi connectivity index (χ2n) is 9.48. The van der Waals surface area contributed by atoms with Crippen LogP contribution in [-0.2, 0) is 17.8 Å². The molecule has 3 aliphatic rings. The summed E-state index contributed by atoms with van der Waals surface area (Å²) in [6.07, 6.45) is -1.46. The van der Waals surface area contributed by atoms with Crippen molar-refractivity contribution >= 4 is 5.91 Å². The fourth-order valence-electron chi connectivity index (χ4n) is 5.31. The van der Waals surface area contributed by atoms with E-state index in [9.17, 15) is 18.0 Å². The molecule has 0 spiro atoms. The maximum atomic E-state index is 15.5. The van der Waals surface area contributed by atoms with Crippen LogP contribution in [0.2, 0.25) is 0 Å². The zero-order valence-corrected chi connectivity index (χ0v) is 19.3. The SMILES string of the molecule is O=C1c2ccc(-c3nccc(CN4CCC(OC(F)(F)F)CC4)c3F)cc2CN1C1CCCNC1. The van der Waals surface area contributed by atoms with E-state index in [1.165, 1.54) is 0 Å². The molecule has 1 aromatic heterocycles. The van der Waals surface area contributed by atoms with Crippen molar-refractivity contribution in [3.8, 4) is 11.3 Å². The molecule has 2 aromatic rings. The van der Waals surface area contributed by atoms with E-state index in [-0.39, 0.29) is 37.0 Å². The smallest absolute Gasteiger partial charge is 0.330 e. The topological polar surface area (TPSA) is 57.7 Å². The highest BCUT2D eigenvalue weighted by atomic mass is 19.4. The Morgan fingerprint density at radius 1 is 1.14 bits per heavy atom. The van der Waals surface area contributed by atoms with Crippen LogP contribution >= 0.6 is 0 Å². The molecule has 1 aromatic carbocycles. The molecule has 1 atom stereocenters. The number of piperidine rings is 2. The van der Waals surface area contributed by atoms with E-state index in [2.05, 4.69) is 15.0 Å². The molecule has 2 fully saturated rings. The average molecular weight is 493 g/mol. The Hall–Kier alpha value is -2.56. The number of nitrogens with zero attached hydrogens (tertiary/aromatic N) is 3. The molecule has 1 unspecified atom stereocenters. The molecule has 188 valence electrons. The van der Waals surface area contributed by atoms with E-state index < -0.39 is 18.3 Å². The van der Waals surface area contributed by atoms with Gasteiger partial charge in [0.1, 0.15) is 5.69 Å². The number of alkyl halides is 3. The third-order valence-electron chi connectivity index (χ3n) is 7.12. The van der Waals surface area contributed by atoms with Crippen LogP contribution in [0.15, 0.2) is 30.5 Å². The molecule has 10 heteroatoms. The summed E-state index contributed by atoms with van der Waals surface area (Å²) in [6.45, 7) is 3.33. The van der Waals surface area contributed by atoms with E-state index in [4.69, 9.17) is 0 Å². The van der Waals surface area contributed by atoms with Gasteiger partial charge in [0.25, 0.3) is 5.91 Å². The molecular formula is C25H28F4N4O2. The van der Waals surface area contributed by atoms with Crippen molar-refractivity contribution in [1.82, 2.24) is 20.1 Å². The van der Waals surface area contributed by atoms with Gasteiger partial charge in [-0.1, -0.05) is 6.07 Å². The number of amides is 1. The van der Waals surface area contributed by atoms with Gasteiger partial charge >= 0.3 is 6.36 Å². The number of benzene rings is 1. The molecule has 4 heterocycles. The van der Waals surface area contributed by atoms with Gasteiger partial charge in [-0.3, -0.25) is 19.4 Å². The minimum Gasteiger partial charge on any atom is -0.330 e. The van der Waals surface area contributed by atoms with Crippen molar-refractivity contribution < 1.29 is 27.1 Å². The predicted molar refractivity (Wildman–Crippen MR) is 121 cm³/mol. The summed E-state index contributed by atoms with van der Waals surface area (Å²) < 4.78 is 56.9. The summed E-state index contributed by atoms with van der Waals surface area (Å²) in [4.78, 5) is 21.0. The summed E-state index contributed by atoms with van der Waals surface area (Å²) in [5.74, 6) is -0.431. The highest BCUT2D eigenvalue weighted by Crippen LogP contribution is 2.32. The second kappa shape index (κ2) is 9.83. The lowest BCUT2D eigenvalue weighted by Crippen LogP contribution is -2.46. The molecule has 5 rings (SSSR count). The summed E-state index contributed by atoms with van der Waals surface area (Å²) in [5.41, 5.74) is 2.79. The number of rotatable bonds is 5. The number of hydrogen-bond donors (Lipinski definition) is 1. The van der Waals surface area contributed by atoms with Gasteiger partial charge in [0, 0.05) is 61.7 Å². The first-order valence-corrected chi connectivity index (χ1v) is 12.0. The molecule has 2 saturated heterocycles. The minimum absolute atomic E-state index is 0.0142. The lowest BCUT2D eigenvalue weighted by molar-refractivity contribution is -0.345. The van der Waals surface area contributed by atoms with Crippen molar-refractivity contribution in [1.29, 1.82) is 0 Å². The van der Waals surface area contributed by atoms with Gasteiger partial charge < -0.3 is 10.2 Å². The number of hydrogen-bond acceptors (Lipinski definition) is 5. The lowest BCUT2D eigenvalue weighted by Gasteiger charge is -2.32. The van der Waals surface area contributed by atoms with Crippen LogP contribution in [0.4, 0.5) is 17.6 Å². The zero-order valence-electron chi connectivity index (χ0n) is 19.3. The number of ether oxygens (including phenoxy) is 1. The van der Waals surface area contributed by atoms with Gasteiger partial charge in [0.15, 0.2) is 5.82 Å². The largest absolute Gasteiger partial charge is 0.522 e. The van der Waals surface area contributed by atoms with Gasteiger partial charge in [-0.05, 0) is 56.0 Å². The normalized spacial score (nSPS) is 22.0. The first kappa shape index (κ1) is 24.1. The molecule has 35 heavy (non-hydrogen) atoms. The fourth-order valence-corrected chi connectivity index (χ4v) is 5.31. The van der Waals surface area contributed by atoms with Crippen molar-refractivity contribution in [3.05, 3.63) is 53.0 Å². The molecule has 0 radical (unpaired) electrons. The number of halogens is 4. The van der Waals surface area contributed by atoms with E-state index in [1.54, 1.807) is 24.4 Å². The van der Waals surface area contributed by atoms with Gasteiger partial charge in [-0.2, -0.15) is 0 Å². The molecule has 1 amide bonds. The quantitative estimate of drug-likeness (QED) is 0.638. The highest BCUT2D eigenvalue weighted by molar-refractivity contribution is 5.99. The third kappa shape index (κ3) is 5.34. The third-order valence-corrected chi connectivity index (χ3v) is 7.12. The standard InChI is InChI=1S/C25H28F4N4O2/c26-22-17(14-32-10-6-20(7-11-32)35-25(27,28)29)5-9-31-23(22)16-3-4-21-18(12-16)15-33(24(21)34)19-2-1-8-30-13-19/h3-5,9,12,19-20,30H,1-2,6-8,10-11,13-15H2. The number of carbonyl (C=O) groups excluding carboxylic acids is 1. The van der Waals surface area contributed by atoms with Gasteiger partial charge in [0.2, 0.25) is 0 Å². The first-order valence-electron chi connectivity index (χ1n) is 12.0. The first-order chi connectivity index (χ1) is 16.8. The molecule has 1 N–H and O–H groups in total. The van der Waals surface area contributed by atoms with Crippen LogP contribution in [0.1, 0.15) is 47.2 Å². The van der Waals surface area contributed by atoms with Crippen LogP contribution in [0, 0.1) is 5.82 Å². The number of fused-ring (bicyclic) bond motifs is 1. The van der Waals surface area contributed by atoms with E-state index in [1.807, 2.05) is 15.9 Å². The van der Waals surface area contributed by atoms with Crippen LogP contribution in [-0.4, -0.2) is 65.4 Å². The van der Waals surface area contributed by atoms with Gasteiger partial charge in [-0.25, -0.2) is 4.39 Å². The summed E-state index contributed by atoms with van der Waals surface area (Å²) in [6, 6.07) is 7.09. The number of aromatic nitrogens is 1. The predicted octanol–water partition coefficient (Wildman–Crippen LogP) is 4.10. The van der Waals surface area contributed by atoms with Crippen molar-refractivity contribution in [3.63, 3.8) is 0 Å². The van der Waals surface area contributed by atoms with Crippen LogP contribution in [0.5, 0.6) is 0 Å². The molecule has 0 aliphatic carbocycles. The fraction of sp³-hybridized carbons (Fsp3) is 0.520. The summed E-state index contributed by atoms with van der Waals surface area (Å²) in [5, 5.41) is 3.34. The van der Waals surface area contributed by atoms with E-state index in [0.717, 1.165) is 31.5 Å². The van der Waals surface area contributed by atoms with Crippen molar-refractivity contribution in [2.75, 3.05) is 26.2 Å². The Labute approximate surface area is 201 Å². The summed E-state index contributed by atoms with van der Waals surface area (Å²) >= 11 is 0. The molecular weight excluding hydrogens is 464 g/mol. The van der Waals surface area contributed by atoms with E-state index >= 15 is 4.39 Å². The number of nitrogens with one attached hydrogen (secondary N) is 1. The van der Waals surface area contributed by atoms with Crippen molar-refractivity contribution in [2.45, 2.75) is 57.3 Å². The van der Waals surface area contributed by atoms with Crippen LogP contribution in [0.25, 0.3) is 11.3 Å². The van der Waals surface area contributed by atoms with E-state index in [0.29, 0.717) is 36.3 Å². The Kier molecular flexibility index (Phi) is 6.78. The van der Waals surface area contributed by atoms with Gasteiger partial charge in [0.05, 0.1) is 6.10 Å². The summed E-state index contributed by atoms with van der Waals surface area (Å²) in [7, 11) is 0. The molecule has 0 bridgehead atoms. The molecule has 0 saturated carbocycles. The van der Waals surface area contributed by atoms with Crippen molar-refractivity contribution in [2.24, 2.45) is 0 Å². The molecule has 3 aliphatic heterocycles. The zero-order chi connectivity index (χ0) is 24.6. The Morgan fingerprint density at radius 2 is 1.94 bits per heavy atom. The maximum Gasteiger partial charge on any atom is 0.522 e. The number of carbonyl (C=O) groups is 1. The maximum absolute atomic E-state index is 15.5. The average Bonchev–Trinajstić information content (AvgIpc) is 3.17. The Bertz CT molecular complexity index is 1080. The number of pyridine rings is 1. The van der Waals surface area contributed by atoms with Crippen LogP contribution in [0.3, 0.4) is 0 Å². The Balaban J connectivity index is 1.28. The minimum atomic E-state index is -4.64. The number of likely N-dealkylation sites (tertiary alicyclic amines) is 1. The lowest BCUT2D eigenvalue weighted by atomic mass is 10.0. The highest BCUT2D eigenvalue weighted by Gasteiger charge is 2.35. The Morgan fingerprint density at radius 3 is 2.66 bits per heavy atom. The molecule has 6 nitrogen and oxygen atoms in total. The van der Waals surface area contributed by atoms with Crippen LogP contribution < -0.4 is 5.32 Å². The van der Waals surface area contributed by atoms with Gasteiger partial charge in [-0.15, -0.1) is 13.2 Å².